The summed E-state index contributed by atoms with van der Waals surface area (Å²) in [4.78, 5) is 41.7. The van der Waals surface area contributed by atoms with Crippen molar-refractivity contribution in [3.63, 3.8) is 0 Å². The number of Topliss-reactive ketones (excluding diaryl/α,β-unsaturated/α-hetero) is 2. The fourth-order valence-electron chi connectivity index (χ4n) is 4.09. The molecule has 1 heterocycles. The molecule has 6 nitrogen and oxygen atoms in total. The molecule has 1 aromatic heterocycles. The maximum Gasteiger partial charge on any atom is 0.269 e. The Morgan fingerprint density at radius 2 is 1.90 bits per heavy atom. The summed E-state index contributed by atoms with van der Waals surface area (Å²) in [5.74, 6) is -1.56. The van der Waals surface area contributed by atoms with Crippen LogP contribution in [0, 0.1) is 38.0 Å². The van der Waals surface area contributed by atoms with E-state index in [2.05, 4.69) is 10.3 Å². The third-order valence-electron chi connectivity index (χ3n) is 5.39. The predicted molar refractivity (Wildman–Crippen MR) is 107 cm³/mol. The highest BCUT2D eigenvalue weighted by atomic mass is 16.2. The van der Waals surface area contributed by atoms with Gasteiger partial charge in [0.25, 0.3) is 5.91 Å². The van der Waals surface area contributed by atoms with Crippen molar-refractivity contribution in [2.75, 3.05) is 6.54 Å². The van der Waals surface area contributed by atoms with Gasteiger partial charge in [0.05, 0.1) is 5.56 Å². The van der Waals surface area contributed by atoms with E-state index < -0.39 is 5.92 Å². The lowest BCUT2D eigenvalue weighted by Gasteiger charge is -2.16. The predicted octanol–water partition coefficient (Wildman–Crippen LogP) is 2.94. The zero-order chi connectivity index (χ0) is 21.1. The van der Waals surface area contributed by atoms with Crippen molar-refractivity contribution in [3.8, 4) is 6.07 Å². The second kappa shape index (κ2) is 8.36. The number of rotatable bonds is 5. The first-order valence-corrected chi connectivity index (χ1v) is 9.60. The van der Waals surface area contributed by atoms with Gasteiger partial charge in [-0.15, -0.1) is 0 Å². The van der Waals surface area contributed by atoms with Crippen LogP contribution in [0.25, 0.3) is 0 Å². The molecule has 0 aliphatic heterocycles. The van der Waals surface area contributed by atoms with Gasteiger partial charge in [-0.25, -0.2) is 4.98 Å². The van der Waals surface area contributed by atoms with E-state index in [4.69, 9.17) is 5.26 Å². The molecule has 1 N–H and O–H groups in total. The van der Waals surface area contributed by atoms with Crippen molar-refractivity contribution < 1.29 is 14.4 Å². The summed E-state index contributed by atoms with van der Waals surface area (Å²) < 4.78 is 0. The number of aryl methyl sites for hydroxylation is 3. The fraction of sp³-hybridized carbons (Fsp3) is 0.348. The van der Waals surface area contributed by atoms with Gasteiger partial charge in [-0.3, -0.25) is 14.4 Å². The molecule has 148 valence electrons. The van der Waals surface area contributed by atoms with E-state index in [0.29, 0.717) is 12.0 Å². The van der Waals surface area contributed by atoms with Gasteiger partial charge in [0, 0.05) is 25.1 Å². The van der Waals surface area contributed by atoms with Crippen LogP contribution in [-0.2, 0) is 9.59 Å². The zero-order valence-electron chi connectivity index (χ0n) is 16.8. The van der Waals surface area contributed by atoms with Crippen molar-refractivity contribution in [1.82, 2.24) is 10.3 Å². The van der Waals surface area contributed by atoms with E-state index in [1.807, 2.05) is 39.0 Å². The smallest absolute Gasteiger partial charge is 0.269 e. The van der Waals surface area contributed by atoms with Crippen molar-refractivity contribution >= 4 is 17.5 Å². The SMILES string of the molecule is Cc1cc(C)c(C2C(=O)CC(CCNC(=O)c3ccc(C#N)cn3)C2=O)c(C)c1. The molecule has 0 spiro atoms. The summed E-state index contributed by atoms with van der Waals surface area (Å²) >= 11 is 0. The maximum absolute atomic E-state index is 12.9. The van der Waals surface area contributed by atoms with Gasteiger partial charge in [-0.1, -0.05) is 17.7 Å². The topological polar surface area (TPSA) is 99.9 Å². The van der Waals surface area contributed by atoms with Gasteiger partial charge in [0.2, 0.25) is 0 Å². The Hall–Kier alpha value is -3.33. The Morgan fingerprint density at radius 1 is 1.21 bits per heavy atom. The molecule has 6 heteroatoms. The summed E-state index contributed by atoms with van der Waals surface area (Å²) in [7, 11) is 0. The van der Waals surface area contributed by atoms with Gasteiger partial charge in [0.1, 0.15) is 23.5 Å². The lowest BCUT2D eigenvalue weighted by molar-refractivity contribution is -0.124. The highest BCUT2D eigenvalue weighted by molar-refractivity contribution is 6.15. The molecule has 0 radical (unpaired) electrons. The number of ketones is 2. The van der Waals surface area contributed by atoms with Crippen molar-refractivity contribution in [3.05, 3.63) is 64.0 Å². The normalized spacial score (nSPS) is 18.6. The number of nitrogens with one attached hydrogen (secondary N) is 1. The molecule has 1 aromatic carbocycles. The molecule has 2 atom stereocenters. The number of hydrogen-bond acceptors (Lipinski definition) is 5. The van der Waals surface area contributed by atoms with Gasteiger partial charge >= 0.3 is 0 Å². The first-order valence-electron chi connectivity index (χ1n) is 9.60. The quantitative estimate of drug-likeness (QED) is 0.793. The molecular formula is C23H23N3O3. The fourth-order valence-corrected chi connectivity index (χ4v) is 4.09. The Balaban J connectivity index is 1.63. The van der Waals surface area contributed by atoms with E-state index >= 15 is 0 Å². The summed E-state index contributed by atoms with van der Waals surface area (Å²) in [6.07, 6.45) is 1.96. The molecule has 1 aliphatic rings. The lowest BCUT2D eigenvalue weighted by Crippen LogP contribution is -2.28. The first kappa shape index (κ1) is 20.4. The third kappa shape index (κ3) is 4.24. The number of nitriles is 1. The molecule has 0 bridgehead atoms. The minimum absolute atomic E-state index is 0.0462. The average Bonchev–Trinajstić information content (AvgIpc) is 2.95. The molecule has 1 fully saturated rings. The van der Waals surface area contributed by atoms with Crippen LogP contribution < -0.4 is 5.32 Å². The monoisotopic (exact) mass is 389 g/mol. The molecule has 0 saturated heterocycles. The number of nitrogens with zero attached hydrogens (tertiary/aromatic N) is 2. The van der Waals surface area contributed by atoms with Gasteiger partial charge in [0.15, 0.2) is 5.78 Å². The van der Waals surface area contributed by atoms with Gasteiger partial charge in [-0.2, -0.15) is 5.26 Å². The van der Waals surface area contributed by atoms with E-state index in [-0.39, 0.29) is 42.1 Å². The van der Waals surface area contributed by atoms with Crippen molar-refractivity contribution in [2.45, 2.75) is 39.5 Å². The van der Waals surface area contributed by atoms with E-state index in [0.717, 1.165) is 22.3 Å². The largest absolute Gasteiger partial charge is 0.351 e. The molecule has 2 aromatic rings. The summed E-state index contributed by atoms with van der Waals surface area (Å²) in [6.45, 7) is 6.15. The molecule has 3 rings (SSSR count). The number of carbonyl (C=O) groups is 3. The van der Waals surface area contributed by atoms with Crippen LogP contribution in [-0.4, -0.2) is 29.0 Å². The second-order valence-corrected chi connectivity index (χ2v) is 7.60. The highest BCUT2D eigenvalue weighted by Crippen LogP contribution is 2.37. The highest BCUT2D eigenvalue weighted by Gasteiger charge is 2.42. The molecule has 2 unspecified atom stereocenters. The Bertz CT molecular complexity index is 996. The molecular weight excluding hydrogens is 366 g/mol. The minimum atomic E-state index is -0.698. The van der Waals surface area contributed by atoms with Crippen LogP contribution in [0.3, 0.4) is 0 Å². The number of hydrogen-bond donors (Lipinski definition) is 1. The second-order valence-electron chi connectivity index (χ2n) is 7.60. The lowest BCUT2D eigenvalue weighted by atomic mass is 9.86. The Kier molecular flexibility index (Phi) is 5.88. The Morgan fingerprint density at radius 3 is 2.48 bits per heavy atom. The minimum Gasteiger partial charge on any atom is -0.351 e. The van der Waals surface area contributed by atoms with Crippen LogP contribution in [0.5, 0.6) is 0 Å². The zero-order valence-corrected chi connectivity index (χ0v) is 16.8. The van der Waals surface area contributed by atoms with E-state index in [9.17, 15) is 14.4 Å². The molecule has 29 heavy (non-hydrogen) atoms. The van der Waals surface area contributed by atoms with Crippen molar-refractivity contribution in [1.29, 1.82) is 5.26 Å². The summed E-state index contributed by atoms with van der Waals surface area (Å²) in [6, 6.07) is 8.96. The Labute approximate surface area is 170 Å². The van der Waals surface area contributed by atoms with Crippen molar-refractivity contribution in [2.24, 2.45) is 5.92 Å². The van der Waals surface area contributed by atoms with E-state index in [1.54, 1.807) is 0 Å². The number of carbonyl (C=O) groups excluding carboxylic acids is 3. The maximum atomic E-state index is 12.9. The van der Waals surface area contributed by atoms with Crippen LogP contribution in [0.4, 0.5) is 0 Å². The standard InChI is InChI=1S/C23H23N3O3/c1-13-8-14(2)20(15(3)9-13)21-19(27)10-17(22(21)28)6-7-25-23(29)18-5-4-16(11-24)12-26-18/h4-5,8-9,12,17,21H,6-7,10H2,1-3H3,(H,25,29). The van der Waals surface area contributed by atoms with Gasteiger partial charge in [-0.05, 0) is 56.0 Å². The van der Waals surface area contributed by atoms with Crippen LogP contribution in [0.15, 0.2) is 30.5 Å². The van der Waals surface area contributed by atoms with Gasteiger partial charge < -0.3 is 5.32 Å². The van der Waals surface area contributed by atoms with E-state index in [1.165, 1.54) is 18.3 Å². The summed E-state index contributed by atoms with van der Waals surface area (Å²) in [5.41, 5.74) is 4.47. The first-order chi connectivity index (χ1) is 13.8. The average molecular weight is 389 g/mol. The number of aromatic nitrogens is 1. The van der Waals surface area contributed by atoms with Crippen LogP contribution >= 0.6 is 0 Å². The third-order valence-corrected chi connectivity index (χ3v) is 5.39. The summed E-state index contributed by atoms with van der Waals surface area (Å²) in [5, 5.41) is 11.5. The van der Waals surface area contributed by atoms with Crippen LogP contribution in [0.2, 0.25) is 0 Å². The molecule has 1 amide bonds. The number of pyridine rings is 1. The molecule has 1 saturated carbocycles. The van der Waals surface area contributed by atoms with Crippen LogP contribution in [0.1, 0.15) is 57.1 Å². The number of amides is 1. The number of benzene rings is 1. The molecule has 1 aliphatic carbocycles.